The van der Waals surface area contributed by atoms with E-state index in [0.717, 1.165) is 5.56 Å². The van der Waals surface area contributed by atoms with Gasteiger partial charge in [0, 0.05) is 24.0 Å². The number of aliphatic hydroxyl groups is 1. The molecule has 138 valence electrons. The van der Waals surface area contributed by atoms with Crippen LogP contribution in [0.5, 0.6) is 0 Å². The van der Waals surface area contributed by atoms with E-state index in [0.29, 0.717) is 5.82 Å². The molecule has 7 rings (SSSR count). The molecule has 3 aliphatic carbocycles. The summed E-state index contributed by atoms with van der Waals surface area (Å²) in [5, 5.41) is 11.4. The maximum atomic E-state index is 13.6. The molecule has 4 aliphatic rings. The monoisotopic (exact) mass is 368 g/mol. The van der Waals surface area contributed by atoms with Crippen molar-refractivity contribution >= 4 is 11.7 Å². The summed E-state index contributed by atoms with van der Waals surface area (Å²) in [4.78, 5) is 19.6. The number of amides is 1. The van der Waals surface area contributed by atoms with Crippen molar-refractivity contribution in [3.63, 3.8) is 0 Å². The summed E-state index contributed by atoms with van der Waals surface area (Å²) < 4.78 is 0. The lowest BCUT2D eigenvalue weighted by Crippen LogP contribution is -2.42. The fraction of sp³-hybridized carbons (Fsp3) is 0.250. The molecule has 2 aromatic carbocycles. The molecule has 0 spiro atoms. The molecule has 4 nitrogen and oxygen atoms in total. The van der Waals surface area contributed by atoms with Crippen molar-refractivity contribution in [2.45, 2.75) is 25.0 Å². The Balaban J connectivity index is 1.58. The van der Waals surface area contributed by atoms with E-state index in [1.54, 1.807) is 11.1 Å². The second-order valence-corrected chi connectivity index (χ2v) is 8.08. The lowest BCUT2D eigenvalue weighted by Gasteiger charge is -2.47. The standard InChI is InChI=1S/C24H20N2O2/c1-13-7-6-12-25-22(13)26-23(27)20-18-14-8-2-3-9-15(14)19(21(20)24(26)28)17-11-5-4-10-16(17)18/h2-12,18-21,23,27H,1H3/t18?,19?,20?,21?,23-/m1/s1. The number of rotatable bonds is 1. The van der Waals surface area contributed by atoms with Crippen molar-refractivity contribution in [2.75, 3.05) is 4.90 Å². The Bertz CT molecular complexity index is 1080. The topological polar surface area (TPSA) is 53.4 Å². The first-order valence-corrected chi connectivity index (χ1v) is 9.79. The Morgan fingerprint density at radius 2 is 1.43 bits per heavy atom. The normalized spacial score (nSPS) is 29.4. The molecule has 2 unspecified atom stereocenters. The molecule has 1 saturated heterocycles. The number of hydrogen-bond acceptors (Lipinski definition) is 3. The number of carbonyl (C=O) groups excluding carboxylic acids is 1. The van der Waals surface area contributed by atoms with Gasteiger partial charge in [-0.05, 0) is 40.8 Å². The average molecular weight is 368 g/mol. The van der Waals surface area contributed by atoms with Crippen molar-refractivity contribution in [3.8, 4) is 0 Å². The Labute approximate surface area is 163 Å². The minimum Gasteiger partial charge on any atom is -0.373 e. The summed E-state index contributed by atoms with van der Waals surface area (Å²) in [5.74, 6) is 0.143. The molecule has 4 heteroatoms. The van der Waals surface area contributed by atoms with Gasteiger partial charge in [0.1, 0.15) is 12.0 Å². The minimum atomic E-state index is -0.875. The van der Waals surface area contributed by atoms with Crippen LogP contribution in [0.15, 0.2) is 66.9 Å². The van der Waals surface area contributed by atoms with Crippen LogP contribution in [0.2, 0.25) is 0 Å². The SMILES string of the molecule is Cc1cccnc1N1C(=O)C2C3c4ccccc4C(c4ccccc43)C2[C@H]1O. The van der Waals surface area contributed by atoms with E-state index in [9.17, 15) is 9.90 Å². The predicted molar refractivity (Wildman–Crippen MR) is 106 cm³/mol. The number of nitrogens with zero attached hydrogens (tertiary/aromatic N) is 2. The van der Waals surface area contributed by atoms with Gasteiger partial charge in [0.15, 0.2) is 0 Å². The largest absolute Gasteiger partial charge is 0.373 e. The minimum absolute atomic E-state index is 0.0152. The third kappa shape index (κ3) is 1.83. The molecule has 0 saturated carbocycles. The van der Waals surface area contributed by atoms with E-state index < -0.39 is 6.23 Å². The summed E-state index contributed by atoms with van der Waals surface area (Å²) >= 11 is 0. The first-order chi connectivity index (χ1) is 13.7. The molecule has 0 radical (unpaired) electrons. The van der Waals surface area contributed by atoms with E-state index in [-0.39, 0.29) is 29.6 Å². The number of carbonyl (C=O) groups is 1. The highest BCUT2D eigenvalue weighted by molar-refractivity contribution is 6.00. The van der Waals surface area contributed by atoms with Gasteiger partial charge < -0.3 is 5.11 Å². The number of benzene rings is 2. The van der Waals surface area contributed by atoms with Crippen molar-refractivity contribution in [2.24, 2.45) is 11.8 Å². The third-order valence-corrected chi connectivity index (χ3v) is 6.83. The lowest BCUT2D eigenvalue weighted by molar-refractivity contribution is -0.121. The molecule has 2 heterocycles. The highest BCUT2D eigenvalue weighted by Crippen LogP contribution is 2.62. The fourth-order valence-electron chi connectivity index (χ4n) is 5.81. The first-order valence-electron chi connectivity index (χ1n) is 9.79. The van der Waals surface area contributed by atoms with Crippen LogP contribution < -0.4 is 4.90 Å². The molecule has 1 fully saturated rings. The molecule has 2 bridgehead atoms. The lowest BCUT2D eigenvalue weighted by atomic mass is 9.55. The number of aliphatic hydroxyl groups excluding tert-OH is 1. The average Bonchev–Trinajstić information content (AvgIpc) is 2.99. The molecule has 3 atom stereocenters. The Hall–Kier alpha value is -2.98. The van der Waals surface area contributed by atoms with Crippen LogP contribution in [0.1, 0.15) is 39.7 Å². The molecular weight excluding hydrogens is 348 g/mol. The van der Waals surface area contributed by atoms with E-state index in [2.05, 4.69) is 41.4 Å². The number of anilines is 1. The quantitative estimate of drug-likeness (QED) is 0.714. The van der Waals surface area contributed by atoms with E-state index >= 15 is 0 Å². The number of pyridine rings is 1. The molecule has 1 aromatic heterocycles. The Morgan fingerprint density at radius 1 is 0.857 bits per heavy atom. The van der Waals surface area contributed by atoms with Gasteiger partial charge in [0.05, 0.1) is 5.92 Å². The van der Waals surface area contributed by atoms with Crippen LogP contribution >= 0.6 is 0 Å². The smallest absolute Gasteiger partial charge is 0.234 e. The van der Waals surface area contributed by atoms with Crippen LogP contribution in [-0.2, 0) is 4.79 Å². The van der Waals surface area contributed by atoms with Crippen LogP contribution in [0.3, 0.4) is 0 Å². The second-order valence-electron chi connectivity index (χ2n) is 8.08. The molecule has 28 heavy (non-hydrogen) atoms. The third-order valence-electron chi connectivity index (χ3n) is 6.83. The van der Waals surface area contributed by atoms with Gasteiger partial charge in [-0.3, -0.25) is 9.69 Å². The van der Waals surface area contributed by atoms with Crippen LogP contribution in [0.25, 0.3) is 0 Å². The summed E-state index contributed by atoms with van der Waals surface area (Å²) in [5.41, 5.74) is 5.86. The molecular formula is C24H20N2O2. The van der Waals surface area contributed by atoms with Crippen molar-refractivity contribution < 1.29 is 9.90 Å². The molecule has 3 aromatic rings. The van der Waals surface area contributed by atoms with Gasteiger partial charge in [-0.15, -0.1) is 0 Å². The summed E-state index contributed by atoms with van der Waals surface area (Å²) in [6.45, 7) is 1.93. The molecule has 1 aliphatic heterocycles. The maximum absolute atomic E-state index is 13.6. The van der Waals surface area contributed by atoms with E-state index in [4.69, 9.17) is 0 Å². The Kier molecular flexibility index (Phi) is 3.16. The number of aromatic nitrogens is 1. The van der Waals surface area contributed by atoms with Crippen LogP contribution in [0, 0.1) is 18.8 Å². The summed E-state index contributed by atoms with van der Waals surface area (Å²) in [7, 11) is 0. The van der Waals surface area contributed by atoms with E-state index in [1.165, 1.54) is 22.3 Å². The van der Waals surface area contributed by atoms with Crippen molar-refractivity contribution in [1.82, 2.24) is 4.98 Å². The van der Waals surface area contributed by atoms with Gasteiger partial charge in [-0.1, -0.05) is 54.6 Å². The van der Waals surface area contributed by atoms with Crippen LogP contribution in [-0.4, -0.2) is 22.2 Å². The van der Waals surface area contributed by atoms with Gasteiger partial charge in [-0.25, -0.2) is 4.98 Å². The fourth-order valence-corrected chi connectivity index (χ4v) is 5.81. The van der Waals surface area contributed by atoms with E-state index in [1.807, 2.05) is 31.2 Å². The van der Waals surface area contributed by atoms with Gasteiger partial charge in [-0.2, -0.15) is 0 Å². The van der Waals surface area contributed by atoms with Crippen molar-refractivity contribution in [1.29, 1.82) is 0 Å². The second kappa shape index (κ2) is 5.52. The zero-order valence-electron chi connectivity index (χ0n) is 15.5. The van der Waals surface area contributed by atoms with Gasteiger partial charge >= 0.3 is 0 Å². The Morgan fingerprint density at radius 3 is 2.00 bits per heavy atom. The summed E-state index contributed by atoms with van der Waals surface area (Å²) in [6, 6.07) is 20.6. The zero-order valence-corrected chi connectivity index (χ0v) is 15.5. The zero-order chi connectivity index (χ0) is 19.0. The van der Waals surface area contributed by atoms with Gasteiger partial charge in [0.25, 0.3) is 0 Å². The molecule has 1 N–H and O–H groups in total. The highest BCUT2D eigenvalue weighted by Gasteiger charge is 2.61. The maximum Gasteiger partial charge on any atom is 0.234 e. The van der Waals surface area contributed by atoms with Crippen LogP contribution in [0.4, 0.5) is 5.82 Å². The number of aryl methyl sites for hydroxylation is 1. The van der Waals surface area contributed by atoms with Gasteiger partial charge in [0.2, 0.25) is 5.91 Å². The molecule has 1 amide bonds. The first kappa shape index (κ1) is 16.0. The van der Waals surface area contributed by atoms with Crippen molar-refractivity contribution in [3.05, 3.63) is 94.7 Å². The number of hydrogen-bond donors (Lipinski definition) is 1. The summed E-state index contributed by atoms with van der Waals surface area (Å²) in [6.07, 6.45) is 0.808. The highest BCUT2D eigenvalue weighted by atomic mass is 16.3. The predicted octanol–water partition coefficient (Wildman–Crippen LogP) is 3.58.